The van der Waals surface area contributed by atoms with Gasteiger partial charge in [-0.25, -0.2) is 12.8 Å². The number of sulfone groups is 1. The van der Waals surface area contributed by atoms with E-state index in [9.17, 15) is 12.8 Å². The van der Waals surface area contributed by atoms with Crippen LogP contribution in [0.3, 0.4) is 0 Å². The van der Waals surface area contributed by atoms with Crippen LogP contribution in [-0.2, 0) is 21.3 Å². The van der Waals surface area contributed by atoms with Crippen LogP contribution < -0.4 is 5.73 Å². The number of anilines is 1. The quantitative estimate of drug-likeness (QED) is 0.875. The predicted molar refractivity (Wildman–Crippen MR) is 73.6 cm³/mol. The first-order valence-electron chi connectivity index (χ1n) is 5.74. The number of halogens is 1. The van der Waals surface area contributed by atoms with Gasteiger partial charge in [0.1, 0.15) is 5.82 Å². The zero-order valence-electron chi connectivity index (χ0n) is 10.2. The lowest BCUT2D eigenvalue weighted by Crippen LogP contribution is -2.09. The van der Waals surface area contributed by atoms with Gasteiger partial charge in [0.15, 0.2) is 9.84 Å². The highest BCUT2D eigenvalue weighted by atomic mass is 32.2. The lowest BCUT2D eigenvalue weighted by Gasteiger charge is -2.07. The van der Waals surface area contributed by atoms with E-state index in [-0.39, 0.29) is 17.2 Å². The van der Waals surface area contributed by atoms with Crippen molar-refractivity contribution in [2.45, 2.75) is 11.5 Å². The molecular weight excluding hydrogens is 265 g/mol. The van der Waals surface area contributed by atoms with Gasteiger partial charge in [0.2, 0.25) is 0 Å². The molecule has 2 aromatic rings. The standard InChI is InChI=1S/C14H14FNO2S/c15-13-6-7-14(16)12(8-13)10-19(17,18)9-11-4-2-1-3-5-11/h1-8H,9-10,16H2. The van der Waals surface area contributed by atoms with Crippen molar-refractivity contribution in [2.75, 3.05) is 5.73 Å². The van der Waals surface area contributed by atoms with Crippen molar-refractivity contribution in [3.63, 3.8) is 0 Å². The van der Waals surface area contributed by atoms with E-state index in [0.29, 0.717) is 11.1 Å². The molecule has 0 atom stereocenters. The van der Waals surface area contributed by atoms with E-state index >= 15 is 0 Å². The SMILES string of the molecule is Nc1ccc(F)cc1CS(=O)(=O)Cc1ccccc1. The molecule has 0 radical (unpaired) electrons. The Kier molecular flexibility index (Phi) is 3.85. The monoisotopic (exact) mass is 279 g/mol. The molecule has 2 rings (SSSR count). The summed E-state index contributed by atoms with van der Waals surface area (Å²) in [5, 5.41) is 0. The average Bonchev–Trinajstić information content (AvgIpc) is 2.34. The lowest BCUT2D eigenvalue weighted by molar-refractivity contribution is 0.594. The van der Waals surface area contributed by atoms with Crippen molar-refractivity contribution in [2.24, 2.45) is 0 Å². The van der Waals surface area contributed by atoms with E-state index in [1.54, 1.807) is 24.3 Å². The Morgan fingerprint density at radius 3 is 2.37 bits per heavy atom. The largest absolute Gasteiger partial charge is 0.398 e. The third-order valence-electron chi connectivity index (χ3n) is 2.71. The van der Waals surface area contributed by atoms with Crippen LogP contribution in [0.25, 0.3) is 0 Å². The van der Waals surface area contributed by atoms with Crippen LogP contribution in [0, 0.1) is 5.82 Å². The first-order valence-corrected chi connectivity index (χ1v) is 7.57. The summed E-state index contributed by atoms with van der Waals surface area (Å²) in [6.45, 7) is 0. The summed E-state index contributed by atoms with van der Waals surface area (Å²) >= 11 is 0. The molecule has 0 aliphatic heterocycles. The van der Waals surface area contributed by atoms with Gasteiger partial charge in [-0.1, -0.05) is 30.3 Å². The van der Waals surface area contributed by atoms with Gasteiger partial charge in [-0.3, -0.25) is 0 Å². The molecule has 0 amide bonds. The minimum atomic E-state index is -3.37. The summed E-state index contributed by atoms with van der Waals surface area (Å²) in [6, 6.07) is 12.6. The average molecular weight is 279 g/mol. The van der Waals surface area contributed by atoms with Crippen LogP contribution in [0.4, 0.5) is 10.1 Å². The highest BCUT2D eigenvalue weighted by molar-refractivity contribution is 7.89. The molecule has 2 aromatic carbocycles. The minimum absolute atomic E-state index is 0.0796. The molecule has 0 spiro atoms. The Labute approximate surface area is 111 Å². The van der Waals surface area contributed by atoms with Gasteiger partial charge >= 0.3 is 0 Å². The maximum atomic E-state index is 13.1. The van der Waals surface area contributed by atoms with Crippen molar-refractivity contribution in [3.8, 4) is 0 Å². The molecule has 19 heavy (non-hydrogen) atoms. The van der Waals surface area contributed by atoms with Crippen LogP contribution in [0.5, 0.6) is 0 Å². The summed E-state index contributed by atoms with van der Waals surface area (Å²) < 4.78 is 37.2. The number of nitrogens with two attached hydrogens (primary N) is 1. The molecule has 100 valence electrons. The molecule has 0 fully saturated rings. The molecule has 0 unspecified atom stereocenters. The third-order valence-corrected chi connectivity index (χ3v) is 4.23. The Morgan fingerprint density at radius 2 is 1.68 bits per heavy atom. The van der Waals surface area contributed by atoms with Gasteiger partial charge in [0.05, 0.1) is 11.5 Å². The van der Waals surface area contributed by atoms with Gasteiger partial charge in [-0.15, -0.1) is 0 Å². The lowest BCUT2D eigenvalue weighted by atomic mass is 10.2. The second kappa shape index (κ2) is 5.40. The summed E-state index contributed by atoms with van der Waals surface area (Å²) in [5.74, 6) is -0.825. The Bertz CT molecular complexity index is 669. The second-order valence-corrected chi connectivity index (χ2v) is 6.43. The Balaban J connectivity index is 2.20. The van der Waals surface area contributed by atoms with Crippen LogP contribution in [-0.4, -0.2) is 8.42 Å². The van der Waals surface area contributed by atoms with Gasteiger partial charge in [-0.05, 0) is 29.3 Å². The van der Waals surface area contributed by atoms with Gasteiger partial charge in [-0.2, -0.15) is 0 Å². The van der Waals surface area contributed by atoms with Gasteiger partial charge in [0, 0.05) is 5.69 Å². The Morgan fingerprint density at radius 1 is 1.00 bits per heavy atom. The summed E-state index contributed by atoms with van der Waals surface area (Å²) in [6.07, 6.45) is 0. The van der Waals surface area contributed by atoms with Crippen molar-refractivity contribution in [3.05, 3.63) is 65.5 Å². The molecule has 0 aliphatic carbocycles. The van der Waals surface area contributed by atoms with Crippen molar-refractivity contribution in [1.29, 1.82) is 0 Å². The molecule has 0 aliphatic rings. The van der Waals surface area contributed by atoms with Crippen LogP contribution in [0.2, 0.25) is 0 Å². The number of rotatable bonds is 4. The fraction of sp³-hybridized carbons (Fsp3) is 0.143. The second-order valence-electron chi connectivity index (χ2n) is 4.36. The van der Waals surface area contributed by atoms with Crippen LogP contribution in [0.1, 0.15) is 11.1 Å². The molecule has 3 nitrogen and oxygen atoms in total. The summed E-state index contributed by atoms with van der Waals surface area (Å²) in [5.41, 5.74) is 6.96. The summed E-state index contributed by atoms with van der Waals surface area (Å²) in [7, 11) is -3.37. The minimum Gasteiger partial charge on any atom is -0.398 e. The van der Waals surface area contributed by atoms with Crippen molar-refractivity contribution >= 4 is 15.5 Å². The zero-order chi connectivity index (χ0) is 13.9. The number of benzene rings is 2. The van der Waals surface area contributed by atoms with Crippen LogP contribution in [0.15, 0.2) is 48.5 Å². The van der Waals surface area contributed by atoms with Crippen molar-refractivity contribution < 1.29 is 12.8 Å². The van der Waals surface area contributed by atoms with Gasteiger partial charge < -0.3 is 5.73 Å². The molecule has 0 aromatic heterocycles. The first-order chi connectivity index (χ1) is 8.96. The fourth-order valence-electron chi connectivity index (χ4n) is 1.82. The van der Waals surface area contributed by atoms with Crippen LogP contribution >= 0.6 is 0 Å². The molecule has 5 heteroatoms. The highest BCUT2D eigenvalue weighted by Crippen LogP contribution is 2.18. The molecule has 0 heterocycles. The summed E-state index contributed by atoms with van der Waals surface area (Å²) in [4.78, 5) is 0. The zero-order valence-corrected chi connectivity index (χ0v) is 11.0. The topological polar surface area (TPSA) is 60.2 Å². The molecule has 2 N–H and O–H groups in total. The van der Waals surface area contributed by atoms with E-state index in [2.05, 4.69) is 0 Å². The first kappa shape index (κ1) is 13.5. The third kappa shape index (κ3) is 3.79. The number of hydrogen-bond acceptors (Lipinski definition) is 3. The maximum Gasteiger partial charge on any atom is 0.158 e. The van der Waals surface area contributed by atoms with E-state index in [1.165, 1.54) is 12.1 Å². The highest BCUT2D eigenvalue weighted by Gasteiger charge is 2.15. The van der Waals surface area contributed by atoms with E-state index in [4.69, 9.17) is 5.73 Å². The smallest absolute Gasteiger partial charge is 0.158 e. The Hall–Kier alpha value is -1.88. The van der Waals surface area contributed by atoms with Gasteiger partial charge in [0.25, 0.3) is 0 Å². The molecular formula is C14H14FNO2S. The number of nitrogen functional groups attached to an aromatic ring is 1. The number of hydrogen-bond donors (Lipinski definition) is 1. The van der Waals surface area contributed by atoms with E-state index < -0.39 is 15.7 Å². The van der Waals surface area contributed by atoms with E-state index in [1.807, 2.05) is 6.07 Å². The molecule has 0 saturated heterocycles. The normalized spacial score (nSPS) is 11.4. The van der Waals surface area contributed by atoms with Crippen molar-refractivity contribution in [1.82, 2.24) is 0 Å². The maximum absolute atomic E-state index is 13.1. The van der Waals surface area contributed by atoms with E-state index in [0.717, 1.165) is 6.07 Å². The molecule has 0 bridgehead atoms. The predicted octanol–water partition coefficient (Wildman–Crippen LogP) is 2.52. The molecule has 0 saturated carbocycles. The fourth-order valence-corrected chi connectivity index (χ4v) is 3.34.